The molecule has 0 heterocycles. The van der Waals surface area contributed by atoms with Gasteiger partial charge in [0.15, 0.2) is 0 Å². The highest BCUT2D eigenvalue weighted by molar-refractivity contribution is 9.10. The lowest BCUT2D eigenvalue weighted by molar-refractivity contribution is 0.575. The van der Waals surface area contributed by atoms with Crippen LogP contribution in [0.1, 0.15) is 29.7 Å². The molecule has 3 heteroatoms. The largest absolute Gasteiger partial charge is 0.313 e. The topological polar surface area (TPSA) is 12.0 Å². The highest BCUT2D eigenvalue weighted by atomic mass is 79.9. The molecule has 1 atom stereocenters. The van der Waals surface area contributed by atoms with Crippen LogP contribution in [0.4, 0.5) is 4.39 Å². The van der Waals surface area contributed by atoms with Crippen LogP contribution in [0.2, 0.25) is 0 Å². The zero-order chi connectivity index (χ0) is 14.5. The van der Waals surface area contributed by atoms with Gasteiger partial charge in [-0.2, -0.15) is 0 Å². The summed E-state index contributed by atoms with van der Waals surface area (Å²) < 4.78 is 14.4. The number of hydrogen-bond acceptors (Lipinski definition) is 1. The fourth-order valence-electron chi connectivity index (χ4n) is 2.30. The normalized spacial score (nSPS) is 12.4. The Morgan fingerprint density at radius 1 is 1.10 bits per heavy atom. The molecule has 2 aromatic carbocycles. The molecule has 0 fully saturated rings. The highest BCUT2D eigenvalue weighted by Gasteiger charge is 2.14. The van der Waals surface area contributed by atoms with Crippen LogP contribution in [0.5, 0.6) is 0 Å². The predicted octanol–water partition coefficient (Wildman–Crippen LogP) is 4.65. The molecule has 0 aliphatic heterocycles. The van der Waals surface area contributed by atoms with Crippen LogP contribution < -0.4 is 5.32 Å². The minimum absolute atomic E-state index is 0.0903. The van der Waals surface area contributed by atoms with Crippen LogP contribution in [0.25, 0.3) is 0 Å². The van der Waals surface area contributed by atoms with Crippen LogP contribution >= 0.6 is 15.9 Å². The Bertz CT molecular complexity index is 566. The van der Waals surface area contributed by atoms with Crippen molar-refractivity contribution in [2.45, 2.75) is 25.8 Å². The third-order valence-electron chi connectivity index (χ3n) is 3.55. The first kappa shape index (κ1) is 15.2. The van der Waals surface area contributed by atoms with Crippen molar-refractivity contribution in [2.75, 3.05) is 7.05 Å². The molecule has 20 heavy (non-hydrogen) atoms. The molecule has 0 aliphatic carbocycles. The number of benzene rings is 2. The van der Waals surface area contributed by atoms with E-state index in [1.807, 2.05) is 7.05 Å². The van der Waals surface area contributed by atoms with Gasteiger partial charge in [-0.3, -0.25) is 0 Å². The highest BCUT2D eigenvalue weighted by Crippen LogP contribution is 2.27. The third kappa shape index (κ3) is 3.68. The van der Waals surface area contributed by atoms with Crippen molar-refractivity contribution in [3.05, 3.63) is 69.4 Å². The minimum Gasteiger partial charge on any atom is -0.313 e. The van der Waals surface area contributed by atoms with Crippen molar-refractivity contribution in [3.63, 3.8) is 0 Å². The number of rotatable bonds is 5. The van der Waals surface area contributed by atoms with E-state index in [-0.39, 0.29) is 11.9 Å². The van der Waals surface area contributed by atoms with Crippen molar-refractivity contribution in [3.8, 4) is 0 Å². The number of nitrogens with one attached hydrogen (secondary N) is 1. The maximum Gasteiger partial charge on any atom is 0.123 e. The molecular weight excluding hydrogens is 317 g/mol. The van der Waals surface area contributed by atoms with Gasteiger partial charge >= 0.3 is 0 Å². The van der Waals surface area contributed by atoms with Crippen LogP contribution in [0.15, 0.2) is 46.9 Å². The van der Waals surface area contributed by atoms with Crippen molar-refractivity contribution >= 4 is 15.9 Å². The Morgan fingerprint density at radius 2 is 1.75 bits per heavy atom. The van der Waals surface area contributed by atoms with Crippen LogP contribution in [-0.4, -0.2) is 7.05 Å². The van der Waals surface area contributed by atoms with Gasteiger partial charge in [-0.1, -0.05) is 47.1 Å². The van der Waals surface area contributed by atoms with E-state index >= 15 is 0 Å². The zero-order valence-electron chi connectivity index (χ0n) is 11.8. The van der Waals surface area contributed by atoms with Crippen molar-refractivity contribution in [1.29, 1.82) is 0 Å². The van der Waals surface area contributed by atoms with Crippen LogP contribution in [-0.2, 0) is 12.8 Å². The van der Waals surface area contributed by atoms with Crippen molar-refractivity contribution < 1.29 is 4.39 Å². The fraction of sp³-hybridized carbons (Fsp3) is 0.294. The molecule has 0 aliphatic rings. The number of aryl methyl sites for hydroxylation is 1. The van der Waals surface area contributed by atoms with E-state index in [4.69, 9.17) is 0 Å². The van der Waals surface area contributed by atoms with Gasteiger partial charge in [-0.25, -0.2) is 4.39 Å². The fourth-order valence-corrected chi connectivity index (χ4v) is 2.82. The Morgan fingerprint density at radius 3 is 2.35 bits per heavy atom. The number of hydrogen-bond donors (Lipinski definition) is 1. The van der Waals surface area contributed by atoms with Crippen molar-refractivity contribution in [1.82, 2.24) is 5.32 Å². The van der Waals surface area contributed by atoms with E-state index in [1.165, 1.54) is 17.2 Å². The molecule has 0 aromatic heterocycles. The van der Waals surface area contributed by atoms with Gasteiger partial charge in [0, 0.05) is 10.5 Å². The quantitative estimate of drug-likeness (QED) is 0.838. The second-order valence-electron chi connectivity index (χ2n) is 4.88. The summed E-state index contributed by atoms with van der Waals surface area (Å²) in [4.78, 5) is 0. The van der Waals surface area contributed by atoms with E-state index in [2.05, 4.69) is 52.4 Å². The molecule has 1 N–H and O–H groups in total. The van der Waals surface area contributed by atoms with E-state index in [0.717, 1.165) is 22.9 Å². The maximum atomic E-state index is 13.4. The lowest BCUT2D eigenvalue weighted by Crippen LogP contribution is -2.19. The molecule has 1 unspecified atom stereocenters. The summed E-state index contributed by atoms with van der Waals surface area (Å²) in [7, 11) is 1.91. The Kier molecular flexibility index (Phi) is 5.32. The smallest absolute Gasteiger partial charge is 0.123 e. The summed E-state index contributed by atoms with van der Waals surface area (Å²) in [5, 5.41) is 3.27. The monoisotopic (exact) mass is 335 g/mol. The summed E-state index contributed by atoms with van der Waals surface area (Å²) in [6, 6.07) is 13.5. The molecule has 1 nitrogen and oxygen atoms in total. The molecule has 2 aromatic rings. The second-order valence-corrected chi connectivity index (χ2v) is 5.74. The maximum absolute atomic E-state index is 13.4. The summed E-state index contributed by atoms with van der Waals surface area (Å²) in [5.74, 6) is -0.204. The van der Waals surface area contributed by atoms with Gasteiger partial charge in [-0.05, 0) is 54.8 Å². The standard InChI is InChI=1S/C17H19BrFN/c1-3-12-4-6-13(7-5-12)10-17(20-2)15-11-14(19)8-9-16(15)18/h4-9,11,17,20H,3,10H2,1-2H3. The average molecular weight is 336 g/mol. The van der Waals surface area contributed by atoms with Crippen molar-refractivity contribution in [2.24, 2.45) is 0 Å². The van der Waals surface area contributed by atoms with E-state index in [1.54, 1.807) is 12.1 Å². The Labute approximate surface area is 128 Å². The lowest BCUT2D eigenvalue weighted by atomic mass is 9.98. The summed E-state index contributed by atoms with van der Waals surface area (Å²) >= 11 is 3.50. The molecule has 0 bridgehead atoms. The number of likely N-dealkylation sites (N-methyl/N-ethyl adjacent to an activating group) is 1. The predicted molar refractivity (Wildman–Crippen MR) is 85.4 cm³/mol. The van der Waals surface area contributed by atoms with Gasteiger partial charge in [0.2, 0.25) is 0 Å². The first-order valence-electron chi connectivity index (χ1n) is 6.84. The van der Waals surface area contributed by atoms with Gasteiger partial charge in [0.1, 0.15) is 5.82 Å². The minimum atomic E-state index is -0.204. The van der Waals surface area contributed by atoms with E-state index < -0.39 is 0 Å². The van der Waals surface area contributed by atoms with Crippen LogP contribution in [0, 0.1) is 5.82 Å². The lowest BCUT2D eigenvalue weighted by Gasteiger charge is -2.18. The SMILES string of the molecule is CCc1ccc(CC(NC)c2cc(F)ccc2Br)cc1. The molecule has 0 saturated carbocycles. The molecule has 2 rings (SSSR count). The summed E-state index contributed by atoms with van der Waals surface area (Å²) in [6.07, 6.45) is 1.88. The average Bonchev–Trinajstić information content (AvgIpc) is 2.48. The first-order chi connectivity index (χ1) is 9.63. The molecule has 0 spiro atoms. The van der Waals surface area contributed by atoms with Gasteiger partial charge in [0.05, 0.1) is 0 Å². The second kappa shape index (κ2) is 7.00. The van der Waals surface area contributed by atoms with E-state index in [9.17, 15) is 4.39 Å². The summed E-state index contributed by atoms with van der Waals surface area (Å²) in [5.41, 5.74) is 3.53. The van der Waals surface area contributed by atoms with E-state index in [0.29, 0.717) is 0 Å². The Balaban J connectivity index is 2.21. The molecule has 0 saturated heterocycles. The molecule has 0 amide bonds. The number of halogens is 2. The third-order valence-corrected chi connectivity index (χ3v) is 4.28. The molecular formula is C17H19BrFN. The molecule has 106 valence electrons. The van der Waals surface area contributed by atoms with Gasteiger partial charge < -0.3 is 5.32 Å². The van der Waals surface area contributed by atoms with Gasteiger partial charge in [0.25, 0.3) is 0 Å². The summed E-state index contributed by atoms with van der Waals surface area (Å²) in [6.45, 7) is 2.15. The Hall–Kier alpha value is -1.19. The van der Waals surface area contributed by atoms with Crippen LogP contribution in [0.3, 0.4) is 0 Å². The van der Waals surface area contributed by atoms with Gasteiger partial charge in [-0.15, -0.1) is 0 Å². The molecule has 0 radical (unpaired) electrons. The first-order valence-corrected chi connectivity index (χ1v) is 7.63. The zero-order valence-corrected chi connectivity index (χ0v) is 13.4.